The second-order valence-corrected chi connectivity index (χ2v) is 6.75. The number of hydrogen-bond acceptors (Lipinski definition) is 3. The third-order valence-corrected chi connectivity index (χ3v) is 4.67. The minimum Gasteiger partial charge on any atom is -0.345 e. The Balaban J connectivity index is 1.71. The Bertz CT molecular complexity index is 666. The zero-order valence-corrected chi connectivity index (χ0v) is 14.6. The number of rotatable bonds is 5. The van der Waals surface area contributed by atoms with Crippen LogP contribution >= 0.6 is 0 Å². The summed E-state index contributed by atoms with van der Waals surface area (Å²) in [6, 6.07) is 10.5. The maximum atomic E-state index is 12.2. The third kappa shape index (κ3) is 4.03. The lowest BCUT2D eigenvalue weighted by molar-refractivity contribution is 0.0827. The van der Waals surface area contributed by atoms with Crippen LogP contribution in [0.2, 0.25) is 0 Å². The normalized spacial score (nSPS) is 18.5. The minimum absolute atomic E-state index is 0.0589. The predicted molar refractivity (Wildman–Crippen MR) is 94.7 cm³/mol. The van der Waals surface area contributed by atoms with Crippen molar-refractivity contribution in [2.45, 2.75) is 38.4 Å². The van der Waals surface area contributed by atoms with E-state index in [1.54, 1.807) is 19.0 Å². The number of carbonyl (C=O) groups is 1. The zero-order chi connectivity index (χ0) is 16.9. The molecule has 24 heavy (non-hydrogen) atoms. The second-order valence-electron chi connectivity index (χ2n) is 6.75. The summed E-state index contributed by atoms with van der Waals surface area (Å²) in [5.74, 6) is 0.0589. The van der Waals surface area contributed by atoms with Crippen LogP contribution in [0.25, 0.3) is 0 Å². The average Bonchev–Trinajstić information content (AvgIpc) is 3.09. The summed E-state index contributed by atoms with van der Waals surface area (Å²) >= 11 is 0. The Hall–Kier alpha value is -2.14. The highest BCUT2D eigenvalue weighted by Crippen LogP contribution is 2.21. The fourth-order valence-electron chi connectivity index (χ4n) is 3.39. The number of nitrogens with zero attached hydrogens (tertiary/aromatic N) is 4. The lowest BCUT2D eigenvalue weighted by Gasteiger charge is -2.35. The standard InChI is InChI=1S/C19H26N4O/c1-21(2)19(24)17-8-5-7-16(13-17)14-22-11-4-3-9-18(22)15-23-12-6-10-20-23/h5-8,10,12-13,18H,3-4,9,11,14-15H2,1-2H3/t18-/m1/s1. The number of amides is 1. The molecule has 1 fully saturated rings. The molecule has 0 N–H and O–H groups in total. The Morgan fingerprint density at radius 3 is 2.92 bits per heavy atom. The van der Waals surface area contributed by atoms with Crippen LogP contribution in [0.3, 0.4) is 0 Å². The molecule has 0 unspecified atom stereocenters. The molecule has 0 bridgehead atoms. The van der Waals surface area contributed by atoms with Crippen molar-refractivity contribution in [3.05, 3.63) is 53.9 Å². The van der Waals surface area contributed by atoms with Crippen molar-refractivity contribution in [1.29, 1.82) is 0 Å². The van der Waals surface area contributed by atoms with E-state index in [0.29, 0.717) is 6.04 Å². The molecule has 0 radical (unpaired) electrons. The fourth-order valence-corrected chi connectivity index (χ4v) is 3.39. The summed E-state index contributed by atoms with van der Waals surface area (Å²) in [6.07, 6.45) is 7.59. The number of piperidine rings is 1. The summed E-state index contributed by atoms with van der Waals surface area (Å²) < 4.78 is 2.02. The molecule has 5 heteroatoms. The molecular formula is C19H26N4O. The highest BCUT2D eigenvalue weighted by Gasteiger charge is 2.23. The average molecular weight is 326 g/mol. The largest absolute Gasteiger partial charge is 0.345 e. The molecule has 1 aromatic heterocycles. The van der Waals surface area contributed by atoms with Crippen LogP contribution in [-0.2, 0) is 13.1 Å². The lowest BCUT2D eigenvalue weighted by Crippen LogP contribution is -2.41. The first kappa shape index (κ1) is 16.7. The Morgan fingerprint density at radius 1 is 1.29 bits per heavy atom. The van der Waals surface area contributed by atoms with Crippen molar-refractivity contribution in [3.63, 3.8) is 0 Å². The van der Waals surface area contributed by atoms with Crippen molar-refractivity contribution in [2.24, 2.45) is 0 Å². The molecule has 1 aromatic carbocycles. The molecule has 1 aliphatic heterocycles. The van der Waals surface area contributed by atoms with Crippen molar-refractivity contribution in [3.8, 4) is 0 Å². The van der Waals surface area contributed by atoms with E-state index in [1.165, 1.54) is 24.8 Å². The maximum absolute atomic E-state index is 12.2. The van der Waals surface area contributed by atoms with Gasteiger partial charge in [0.15, 0.2) is 0 Å². The van der Waals surface area contributed by atoms with E-state index < -0.39 is 0 Å². The van der Waals surface area contributed by atoms with Gasteiger partial charge in [-0.25, -0.2) is 0 Å². The third-order valence-electron chi connectivity index (χ3n) is 4.67. The topological polar surface area (TPSA) is 41.4 Å². The first-order valence-corrected chi connectivity index (χ1v) is 8.65. The van der Waals surface area contributed by atoms with Crippen molar-refractivity contribution in [2.75, 3.05) is 20.6 Å². The van der Waals surface area contributed by atoms with Gasteiger partial charge in [-0.2, -0.15) is 5.10 Å². The van der Waals surface area contributed by atoms with Gasteiger partial charge in [0.05, 0.1) is 6.54 Å². The van der Waals surface area contributed by atoms with Gasteiger partial charge in [-0.05, 0) is 43.1 Å². The van der Waals surface area contributed by atoms with Crippen LogP contribution in [0.1, 0.15) is 35.2 Å². The minimum atomic E-state index is 0.0589. The summed E-state index contributed by atoms with van der Waals surface area (Å²) in [4.78, 5) is 16.3. The maximum Gasteiger partial charge on any atom is 0.253 e. The first-order chi connectivity index (χ1) is 11.6. The van der Waals surface area contributed by atoms with Crippen LogP contribution in [0, 0.1) is 0 Å². The molecule has 2 aromatic rings. The van der Waals surface area contributed by atoms with E-state index in [2.05, 4.69) is 16.1 Å². The molecule has 1 atom stereocenters. The van der Waals surface area contributed by atoms with Gasteiger partial charge in [0, 0.05) is 44.6 Å². The van der Waals surface area contributed by atoms with E-state index in [1.807, 2.05) is 41.3 Å². The first-order valence-electron chi connectivity index (χ1n) is 8.65. The quantitative estimate of drug-likeness (QED) is 0.848. The van der Waals surface area contributed by atoms with Gasteiger partial charge in [0.1, 0.15) is 0 Å². The highest BCUT2D eigenvalue weighted by molar-refractivity contribution is 5.94. The van der Waals surface area contributed by atoms with Crippen molar-refractivity contribution in [1.82, 2.24) is 19.6 Å². The molecular weight excluding hydrogens is 300 g/mol. The smallest absolute Gasteiger partial charge is 0.253 e. The molecule has 0 saturated carbocycles. The Morgan fingerprint density at radius 2 is 2.17 bits per heavy atom. The number of hydrogen-bond donors (Lipinski definition) is 0. The van der Waals surface area contributed by atoms with E-state index in [0.717, 1.165) is 25.2 Å². The van der Waals surface area contributed by atoms with Crippen molar-refractivity contribution < 1.29 is 4.79 Å². The van der Waals surface area contributed by atoms with E-state index in [9.17, 15) is 4.79 Å². The predicted octanol–water partition coefficient (Wildman–Crippen LogP) is 2.64. The summed E-state index contributed by atoms with van der Waals surface area (Å²) in [7, 11) is 3.58. The van der Waals surface area contributed by atoms with Crippen LogP contribution in [0.4, 0.5) is 0 Å². The molecule has 5 nitrogen and oxygen atoms in total. The van der Waals surface area contributed by atoms with Crippen LogP contribution in [-0.4, -0.2) is 52.2 Å². The molecule has 0 spiro atoms. The van der Waals surface area contributed by atoms with Gasteiger partial charge in [-0.1, -0.05) is 18.6 Å². The van der Waals surface area contributed by atoms with Gasteiger partial charge in [0.2, 0.25) is 0 Å². The Kier molecular flexibility index (Phi) is 5.30. The highest BCUT2D eigenvalue weighted by atomic mass is 16.2. The summed E-state index contributed by atoms with van der Waals surface area (Å²) in [5, 5.41) is 4.35. The number of aromatic nitrogens is 2. The van der Waals surface area contributed by atoms with Gasteiger partial charge in [0.25, 0.3) is 5.91 Å². The van der Waals surface area contributed by atoms with Gasteiger partial charge >= 0.3 is 0 Å². The second kappa shape index (κ2) is 7.62. The zero-order valence-electron chi connectivity index (χ0n) is 14.6. The SMILES string of the molecule is CN(C)C(=O)c1cccc(CN2CCCC[C@@H]2Cn2cccn2)c1. The molecule has 1 amide bonds. The molecule has 1 saturated heterocycles. The molecule has 0 aliphatic carbocycles. The summed E-state index contributed by atoms with van der Waals surface area (Å²) in [6.45, 7) is 2.93. The number of likely N-dealkylation sites (tertiary alicyclic amines) is 1. The van der Waals surface area contributed by atoms with Gasteiger partial charge in [-0.3, -0.25) is 14.4 Å². The van der Waals surface area contributed by atoms with Crippen molar-refractivity contribution >= 4 is 5.91 Å². The van der Waals surface area contributed by atoms with E-state index in [-0.39, 0.29) is 5.91 Å². The monoisotopic (exact) mass is 326 g/mol. The van der Waals surface area contributed by atoms with Gasteiger partial charge in [-0.15, -0.1) is 0 Å². The molecule has 3 rings (SSSR count). The molecule has 1 aliphatic rings. The van der Waals surface area contributed by atoms with E-state index >= 15 is 0 Å². The fraction of sp³-hybridized carbons (Fsp3) is 0.474. The van der Waals surface area contributed by atoms with Crippen LogP contribution < -0.4 is 0 Å². The molecule has 128 valence electrons. The lowest BCUT2D eigenvalue weighted by atomic mass is 10.0. The van der Waals surface area contributed by atoms with E-state index in [4.69, 9.17) is 0 Å². The number of carbonyl (C=O) groups excluding carboxylic acids is 1. The number of benzene rings is 1. The van der Waals surface area contributed by atoms with Gasteiger partial charge < -0.3 is 4.90 Å². The summed E-state index contributed by atoms with van der Waals surface area (Å²) in [5.41, 5.74) is 1.97. The van der Waals surface area contributed by atoms with Crippen LogP contribution in [0.5, 0.6) is 0 Å². The molecule has 2 heterocycles. The Labute approximate surface area is 143 Å². The van der Waals surface area contributed by atoms with Crippen LogP contribution in [0.15, 0.2) is 42.7 Å².